The van der Waals surface area contributed by atoms with Crippen LogP contribution in [0.1, 0.15) is 16.8 Å². The number of aromatic nitrogens is 1. The summed E-state index contributed by atoms with van der Waals surface area (Å²) in [5, 5.41) is 13.2. The van der Waals surface area contributed by atoms with Crippen LogP contribution in [0.4, 0.5) is 5.69 Å². The molecule has 0 aliphatic heterocycles. The number of hydrogen-bond donors (Lipinski definition) is 1. The fraction of sp³-hybridized carbons (Fsp3) is 0.235. The summed E-state index contributed by atoms with van der Waals surface area (Å²) in [5.41, 5.74) is 2.59. The first-order valence-electron chi connectivity index (χ1n) is 7.22. The van der Waals surface area contributed by atoms with Gasteiger partial charge in [0.1, 0.15) is 11.1 Å². The molecule has 0 saturated carbocycles. The lowest BCUT2D eigenvalue weighted by atomic mass is 10.1. The molecule has 0 saturated heterocycles. The average molecular weight is 441 g/mol. The van der Waals surface area contributed by atoms with E-state index in [0.717, 1.165) is 15.7 Å². The highest BCUT2D eigenvalue weighted by atomic mass is 79.9. The Balaban J connectivity index is 2.08. The summed E-state index contributed by atoms with van der Waals surface area (Å²) in [4.78, 5) is 16.5. The first-order valence-corrected chi connectivity index (χ1v) is 9.37. The smallest absolute Gasteiger partial charge is 0.234 e. The molecular formula is C17H15BrClN3O2S. The van der Waals surface area contributed by atoms with Gasteiger partial charge in [-0.15, -0.1) is 0 Å². The molecule has 0 aliphatic carbocycles. The fourth-order valence-electron chi connectivity index (χ4n) is 2.11. The molecule has 0 fully saturated rings. The van der Waals surface area contributed by atoms with Gasteiger partial charge in [-0.3, -0.25) is 4.79 Å². The minimum absolute atomic E-state index is 0.130. The number of amides is 1. The Labute approximate surface area is 163 Å². The Morgan fingerprint density at radius 2 is 2.24 bits per heavy atom. The molecule has 1 heterocycles. The molecule has 1 amide bonds. The maximum atomic E-state index is 12.2. The van der Waals surface area contributed by atoms with Crippen LogP contribution in [0.25, 0.3) is 0 Å². The number of anilines is 1. The number of methoxy groups -OCH3 is 1. The van der Waals surface area contributed by atoms with Crippen molar-refractivity contribution < 1.29 is 9.53 Å². The number of nitriles is 1. The van der Waals surface area contributed by atoms with Crippen molar-refractivity contribution in [3.63, 3.8) is 0 Å². The second kappa shape index (κ2) is 9.20. The third-order valence-corrected chi connectivity index (χ3v) is 5.36. The van der Waals surface area contributed by atoms with E-state index in [4.69, 9.17) is 16.3 Å². The monoisotopic (exact) mass is 439 g/mol. The number of halogens is 2. The van der Waals surface area contributed by atoms with Gasteiger partial charge in [0, 0.05) is 23.0 Å². The topological polar surface area (TPSA) is 75.0 Å². The van der Waals surface area contributed by atoms with Gasteiger partial charge in [0.15, 0.2) is 0 Å². The highest BCUT2D eigenvalue weighted by Gasteiger charge is 2.14. The maximum absolute atomic E-state index is 12.2. The number of thioether (sulfide) groups is 1. The van der Waals surface area contributed by atoms with E-state index in [-0.39, 0.29) is 11.7 Å². The van der Waals surface area contributed by atoms with Gasteiger partial charge in [0.2, 0.25) is 5.91 Å². The molecule has 0 aliphatic rings. The normalized spacial score (nSPS) is 10.4. The summed E-state index contributed by atoms with van der Waals surface area (Å²) < 4.78 is 5.88. The molecule has 25 heavy (non-hydrogen) atoms. The van der Waals surface area contributed by atoms with Gasteiger partial charge in [-0.2, -0.15) is 5.26 Å². The second-order valence-electron chi connectivity index (χ2n) is 5.11. The predicted octanol–water partition coefficient (Wildman–Crippen LogP) is 4.55. The Kier molecular flexibility index (Phi) is 7.26. The molecule has 0 atom stereocenters. The van der Waals surface area contributed by atoms with E-state index in [0.29, 0.717) is 27.9 Å². The number of rotatable bonds is 6. The van der Waals surface area contributed by atoms with Crippen LogP contribution in [0, 0.1) is 18.3 Å². The largest absolute Gasteiger partial charge is 0.380 e. The quantitative estimate of drug-likeness (QED) is 0.667. The molecule has 0 radical (unpaired) electrons. The number of pyridine rings is 1. The molecule has 1 aromatic carbocycles. The maximum Gasteiger partial charge on any atom is 0.234 e. The van der Waals surface area contributed by atoms with E-state index in [9.17, 15) is 10.1 Å². The van der Waals surface area contributed by atoms with Gasteiger partial charge < -0.3 is 10.1 Å². The second-order valence-corrected chi connectivity index (χ2v) is 7.34. The zero-order chi connectivity index (χ0) is 18.4. The number of benzene rings is 1. The Morgan fingerprint density at radius 3 is 2.88 bits per heavy atom. The van der Waals surface area contributed by atoms with Crippen LogP contribution in [0.2, 0.25) is 5.02 Å². The Bertz CT molecular complexity index is 839. The number of aryl methyl sites for hydroxylation is 1. The van der Waals surface area contributed by atoms with Crippen LogP contribution in [-0.4, -0.2) is 23.8 Å². The summed E-state index contributed by atoms with van der Waals surface area (Å²) >= 11 is 10.5. The van der Waals surface area contributed by atoms with Crippen molar-refractivity contribution in [1.82, 2.24) is 4.98 Å². The van der Waals surface area contributed by atoms with Gasteiger partial charge in [0.05, 0.1) is 22.9 Å². The van der Waals surface area contributed by atoms with Crippen LogP contribution in [0.5, 0.6) is 0 Å². The summed E-state index contributed by atoms with van der Waals surface area (Å²) in [7, 11) is 1.57. The van der Waals surface area contributed by atoms with Crippen LogP contribution in [0.15, 0.2) is 33.8 Å². The SMILES string of the molecule is COCc1cc(C)nc(SCC(=O)Nc2ccc(Br)c(Cl)c2)c1C#N. The van der Waals surface area contributed by atoms with Gasteiger partial charge in [-0.1, -0.05) is 23.4 Å². The fourth-order valence-corrected chi connectivity index (χ4v) is 3.41. The van der Waals surface area contributed by atoms with Crippen LogP contribution in [-0.2, 0) is 16.1 Å². The van der Waals surface area contributed by atoms with E-state index in [2.05, 4.69) is 32.3 Å². The lowest BCUT2D eigenvalue weighted by Crippen LogP contribution is -2.14. The van der Waals surface area contributed by atoms with E-state index in [1.165, 1.54) is 11.8 Å². The average Bonchev–Trinajstić information content (AvgIpc) is 2.56. The summed E-state index contributed by atoms with van der Waals surface area (Å²) in [6.45, 7) is 2.16. The van der Waals surface area contributed by atoms with Crippen molar-refractivity contribution in [2.75, 3.05) is 18.2 Å². The van der Waals surface area contributed by atoms with Crippen LogP contribution < -0.4 is 5.32 Å². The van der Waals surface area contributed by atoms with Crippen LogP contribution in [0.3, 0.4) is 0 Å². The van der Waals surface area contributed by atoms with E-state index in [1.54, 1.807) is 25.3 Å². The number of hydrogen-bond acceptors (Lipinski definition) is 5. The van der Waals surface area contributed by atoms with Gasteiger partial charge in [0.25, 0.3) is 0 Å². The number of ether oxygens (including phenoxy) is 1. The molecule has 1 aromatic heterocycles. The molecule has 0 bridgehead atoms. The van der Waals surface area contributed by atoms with Crippen molar-refractivity contribution in [1.29, 1.82) is 5.26 Å². The van der Waals surface area contributed by atoms with Crippen molar-refractivity contribution in [2.24, 2.45) is 0 Å². The lowest BCUT2D eigenvalue weighted by molar-refractivity contribution is -0.113. The number of nitrogens with one attached hydrogen (secondary N) is 1. The zero-order valence-electron chi connectivity index (χ0n) is 13.6. The Morgan fingerprint density at radius 1 is 1.48 bits per heavy atom. The first-order chi connectivity index (χ1) is 11.9. The number of carbonyl (C=O) groups is 1. The minimum atomic E-state index is -0.205. The van der Waals surface area contributed by atoms with Crippen LogP contribution >= 0.6 is 39.3 Å². The predicted molar refractivity (Wildman–Crippen MR) is 103 cm³/mol. The van der Waals surface area contributed by atoms with Gasteiger partial charge in [-0.05, 0) is 52.7 Å². The molecule has 2 rings (SSSR count). The Hall–Kier alpha value is -1.59. The first kappa shape index (κ1) is 19.7. The number of carbonyl (C=O) groups excluding carboxylic acids is 1. The number of nitrogens with zero attached hydrogens (tertiary/aromatic N) is 2. The molecular weight excluding hydrogens is 426 g/mol. The van der Waals surface area contributed by atoms with E-state index >= 15 is 0 Å². The van der Waals surface area contributed by atoms with E-state index < -0.39 is 0 Å². The summed E-state index contributed by atoms with van der Waals surface area (Å²) in [6.07, 6.45) is 0. The van der Waals surface area contributed by atoms with Gasteiger partial charge >= 0.3 is 0 Å². The lowest BCUT2D eigenvalue weighted by Gasteiger charge is -2.10. The van der Waals surface area contributed by atoms with Crippen molar-refractivity contribution in [3.05, 3.63) is 50.6 Å². The van der Waals surface area contributed by atoms with Crippen molar-refractivity contribution >= 4 is 50.9 Å². The molecule has 5 nitrogen and oxygen atoms in total. The molecule has 8 heteroatoms. The highest BCUT2D eigenvalue weighted by Crippen LogP contribution is 2.27. The molecule has 130 valence electrons. The third-order valence-electron chi connectivity index (χ3n) is 3.15. The molecule has 2 aromatic rings. The summed E-state index contributed by atoms with van der Waals surface area (Å²) in [6, 6.07) is 9.14. The highest BCUT2D eigenvalue weighted by molar-refractivity contribution is 9.10. The molecule has 0 unspecified atom stereocenters. The minimum Gasteiger partial charge on any atom is -0.380 e. The molecule has 0 spiro atoms. The van der Waals surface area contributed by atoms with Gasteiger partial charge in [-0.25, -0.2) is 4.98 Å². The van der Waals surface area contributed by atoms with Crippen molar-refractivity contribution in [3.8, 4) is 6.07 Å². The molecule has 1 N–H and O–H groups in total. The summed E-state index contributed by atoms with van der Waals surface area (Å²) in [5.74, 6) is -0.0745. The third kappa shape index (κ3) is 5.44. The zero-order valence-corrected chi connectivity index (χ0v) is 16.8. The standard InChI is InChI=1S/C17H15BrClN3O2S/c1-10-5-11(8-24-2)13(7-20)17(21-10)25-9-16(23)22-12-3-4-14(18)15(19)6-12/h3-6H,8-9H2,1-2H3,(H,22,23). The van der Waals surface area contributed by atoms with E-state index in [1.807, 2.05) is 13.0 Å². The van der Waals surface area contributed by atoms with Crippen molar-refractivity contribution in [2.45, 2.75) is 18.6 Å².